The molecule has 1 amide bonds. The first-order chi connectivity index (χ1) is 13.0. The first kappa shape index (κ1) is 21.8. The van der Waals surface area contributed by atoms with Crippen LogP contribution in [0.2, 0.25) is 5.02 Å². The third-order valence-corrected chi connectivity index (χ3v) is 4.15. The van der Waals surface area contributed by atoms with Gasteiger partial charge in [0.05, 0.1) is 5.02 Å². The van der Waals surface area contributed by atoms with Gasteiger partial charge in [-0.25, -0.2) is 14.4 Å². The van der Waals surface area contributed by atoms with Crippen LogP contribution in [0.4, 0.5) is 4.79 Å². The van der Waals surface area contributed by atoms with Crippen LogP contribution in [0.5, 0.6) is 5.75 Å². The Labute approximate surface area is 167 Å². The lowest BCUT2D eigenvalue weighted by Crippen LogP contribution is -2.44. The summed E-state index contributed by atoms with van der Waals surface area (Å²) in [6.07, 6.45) is 0.188. The Kier molecular flexibility index (Phi) is 6.72. The maximum atomic E-state index is 12.5. The summed E-state index contributed by atoms with van der Waals surface area (Å²) >= 11 is 6.25. The van der Waals surface area contributed by atoms with E-state index in [1.807, 2.05) is 6.92 Å². The van der Waals surface area contributed by atoms with Crippen molar-refractivity contribution in [2.45, 2.75) is 59.1 Å². The Morgan fingerprint density at radius 1 is 1.21 bits per heavy atom. The highest BCUT2D eigenvalue weighted by molar-refractivity contribution is 6.33. The number of carbonyl (C=O) groups excluding carboxylic acids is 2. The van der Waals surface area contributed by atoms with Crippen molar-refractivity contribution in [3.05, 3.63) is 39.2 Å². The third-order valence-electron chi connectivity index (χ3n) is 3.86. The minimum absolute atomic E-state index is 0.0417. The van der Waals surface area contributed by atoms with E-state index in [1.54, 1.807) is 33.8 Å². The second kappa shape index (κ2) is 8.65. The maximum Gasteiger partial charge on any atom is 0.408 e. The van der Waals surface area contributed by atoms with E-state index >= 15 is 0 Å². The van der Waals surface area contributed by atoms with Gasteiger partial charge in [0.2, 0.25) is 0 Å². The van der Waals surface area contributed by atoms with Crippen LogP contribution in [0.3, 0.4) is 0 Å². The number of carbonyl (C=O) groups is 2. The molecular weight excluding hydrogens is 386 g/mol. The summed E-state index contributed by atoms with van der Waals surface area (Å²) in [4.78, 5) is 36.1. The molecule has 8 heteroatoms. The number of nitrogens with one attached hydrogen (secondary N) is 1. The highest BCUT2D eigenvalue weighted by Gasteiger charge is 2.25. The molecule has 28 heavy (non-hydrogen) atoms. The lowest BCUT2D eigenvalue weighted by molar-refractivity contribution is -0.136. The van der Waals surface area contributed by atoms with Gasteiger partial charge in [0.1, 0.15) is 17.2 Å². The van der Waals surface area contributed by atoms with Crippen LogP contribution in [0, 0.1) is 0 Å². The molecule has 0 aliphatic carbocycles. The Balaban J connectivity index is 2.24. The lowest BCUT2D eigenvalue weighted by atomic mass is 10.1. The van der Waals surface area contributed by atoms with Crippen molar-refractivity contribution in [2.75, 3.05) is 0 Å². The molecule has 0 aliphatic heterocycles. The van der Waals surface area contributed by atoms with E-state index in [2.05, 4.69) is 5.32 Å². The molecule has 1 N–H and O–H groups in total. The van der Waals surface area contributed by atoms with E-state index < -0.39 is 29.3 Å². The largest absolute Gasteiger partial charge is 0.444 e. The monoisotopic (exact) mass is 409 g/mol. The average molecular weight is 410 g/mol. The van der Waals surface area contributed by atoms with Crippen LogP contribution in [-0.2, 0) is 16.0 Å². The predicted octanol–water partition coefficient (Wildman–Crippen LogP) is 4.22. The quantitative estimate of drug-likeness (QED) is 0.451. The van der Waals surface area contributed by atoms with Crippen LogP contribution in [0.25, 0.3) is 11.0 Å². The van der Waals surface area contributed by atoms with Crippen molar-refractivity contribution in [1.82, 2.24) is 5.32 Å². The molecule has 7 nitrogen and oxygen atoms in total. The normalized spacial score (nSPS) is 12.5. The van der Waals surface area contributed by atoms with Gasteiger partial charge in [0, 0.05) is 17.5 Å². The first-order valence-electron chi connectivity index (χ1n) is 9.01. The second-order valence-corrected chi connectivity index (χ2v) is 7.66. The lowest BCUT2D eigenvalue weighted by Gasteiger charge is -2.22. The van der Waals surface area contributed by atoms with Crippen LogP contribution in [0.15, 0.2) is 27.4 Å². The molecule has 0 aliphatic rings. The molecule has 0 saturated heterocycles. The van der Waals surface area contributed by atoms with Gasteiger partial charge in [-0.15, -0.1) is 0 Å². The number of alkyl carbamates (subject to hydrolysis) is 1. The van der Waals surface area contributed by atoms with Gasteiger partial charge in [-0.1, -0.05) is 25.4 Å². The van der Waals surface area contributed by atoms with E-state index in [1.165, 1.54) is 12.1 Å². The van der Waals surface area contributed by atoms with Gasteiger partial charge in [-0.3, -0.25) is 0 Å². The van der Waals surface area contributed by atoms with E-state index in [9.17, 15) is 14.4 Å². The standard InChI is InChI=1S/C20H24ClNO6/c1-6-11-8-17(23)26-15-10-16(13(21)9-12(11)15)27-18(24)14(7-2)22-19(25)28-20(3,4)5/h8-10,14H,6-7H2,1-5H3,(H,22,25). The Hall–Kier alpha value is -2.54. The van der Waals surface area contributed by atoms with Crippen molar-refractivity contribution in [3.8, 4) is 5.75 Å². The molecule has 1 aromatic carbocycles. The number of amides is 1. The molecular formula is C20H24ClNO6. The van der Waals surface area contributed by atoms with E-state index in [0.717, 1.165) is 5.56 Å². The maximum absolute atomic E-state index is 12.5. The summed E-state index contributed by atoms with van der Waals surface area (Å²) in [5.74, 6) is -0.663. The third kappa shape index (κ3) is 5.48. The van der Waals surface area contributed by atoms with Crippen molar-refractivity contribution in [3.63, 3.8) is 0 Å². The molecule has 1 heterocycles. The van der Waals surface area contributed by atoms with Crippen LogP contribution >= 0.6 is 11.6 Å². The van der Waals surface area contributed by atoms with Crippen LogP contribution < -0.4 is 15.7 Å². The van der Waals surface area contributed by atoms with Crippen molar-refractivity contribution >= 4 is 34.6 Å². The van der Waals surface area contributed by atoms with E-state index in [-0.39, 0.29) is 16.4 Å². The van der Waals surface area contributed by atoms with Crippen molar-refractivity contribution in [2.24, 2.45) is 0 Å². The van der Waals surface area contributed by atoms with Crippen molar-refractivity contribution < 1.29 is 23.5 Å². The highest BCUT2D eigenvalue weighted by atomic mass is 35.5. The first-order valence-corrected chi connectivity index (χ1v) is 9.39. The Morgan fingerprint density at radius 3 is 2.46 bits per heavy atom. The number of benzene rings is 1. The second-order valence-electron chi connectivity index (χ2n) is 7.25. The van der Waals surface area contributed by atoms with Gasteiger partial charge in [0.15, 0.2) is 5.75 Å². The molecule has 152 valence electrons. The zero-order chi connectivity index (χ0) is 21.1. The summed E-state index contributed by atoms with van der Waals surface area (Å²) in [6, 6.07) is 3.47. The number of ether oxygens (including phenoxy) is 2. The molecule has 0 spiro atoms. The molecule has 0 saturated carbocycles. The molecule has 2 rings (SSSR count). The molecule has 2 aromatic rings. The number of aryl methyl sites for hydroxylation is 1. The van der Waals surface area contributed by atoms with Gasteiger partial charge < -0.3 is 19.2 Å². The highest BCUT2D eigenvalue weighted by Crippen LogP contribution is 2.31. The molecule has 0 radical (unpaired) electrons. The smallest absolute Gasteiger partial charge is 0.408 e. The van der Waals surface area contributed by atoms with Gasteiger partial charge in [-0.05, 0) is 45.2 Å². The number of fused-ring (bicyclic) bond motifs is 1. The molecule has 1 unspecified atom stereocenters. The zero-order valence-corrected chi connectivity index (χ0v) is 17.3. The fourth-order valence-electron chi connectivity index (χ4n) is 2.56. The molecule has 0 fully saturated rings. The number of rotatable bonds is 5. The fraction of sp³-hybridized carbons (Fsp3) is 0.450. The summed E-state index contributed by atoms with van der Waals surface area (Å²) in [5.41, 5.74) is -0.140. The Morgan fingerprint density at radius 2 is 1.89 bits per heavy atom. The molecule has 0 bridgehead atoms. The summed E-state index contributed by atoms with van der Waals surface area (Å²) in [7, 11) is 0. The summed E-state index contributed by atoms with van der Waals surface area (Å²) in [5, 5.41) is 3.34. The minimum atomic E-state index is -0.921. The predicted molar refractivity (Wildman–Crippen MR) is 106 cm³/mol. The fourth-order valence-corrected chi connectivity index (χ4v) is 2.76. The number of halogens is 1. The van der Waals surface area contributed by atoms with E-state index in [4.69, 9.17) is 25.5 Å². The average Bonchev–Trinajstić information content (AvgIpc) is 2.58. The van der Waals surface area contributed by atoms with Crippen molar-refractivity contribution in [1.29, 1.82) is 0 Å². The van der Waals surface area contributed by atoms with Gasteiger partial charge in [0.25, 0.3) is 0 Å². The van der Waals surface area contributed by atoms with Crippen LogP contribution in [0.1, 0.15) is 46.6 Å². The van der Waals surface area contributed by atoms with Crippen LogP contribution in [-0.4, -0.2) is 23.7 Å². The topological polar surface area (TPSA) is 94.8 Å². The minimum Gasteiger partial charge on any atom is -0.444 e. The van der Waals surface area contributed by atoms with E-state index in [0.29, 0.717) is 18.2 Å². The summed E-state index contributed by atoms with van der Waals surface area (Å²) < 4.78 is 15.7. The van der Waals surface area contributed by atoms with Gasteiger partial charge >= 0.3 is 17.7 Å². The number of hydrogen-bond acceptors (Lipinski definition) is 6. The number of hydrogen-bond donors (Lipinski definition) is 1. The number of esters is 1. The SMILES string of the molecule is CCc1cc(=O)oc2cc(OC(=O)C(CC)NC(=O)OC(C)(C)C)c(Cl)cc12. The molecule has 1 atom stereocenters. The summed E-state index contributed by atoms with van der Waals surface area (Å²) in [6.45, 7) is 8.79. The zero-order valence-electron chi connectivity index (χ0n) is 16.6. The Bertz CT molecular complexity index is 944. The molecule has 1 aromatic heterocycles. The van der Waals surface area contributed by atoms with Gasteiger partial charge in [-0.2, -0.15) is 0 Å².